The van der Waals surface area contributed by atoms with Crippen molar-refractivity contribution in [2.45, 2.75) is 18.7 Å². The van der Waals surface area contributed by atoms with Crippen molar-refractivity contribution in [3.63, 3.8) is 0 Å². The first-order valence-corrected chi connectivity index (χ1v) is 6.86. The van der Waals surface area contributed by atoms with Crippen LogP contribution in [0.15, 0.2) is 28.6 Å². The SMILES string of the molecule is Cc1cc(C)c(OC/C=C/Cl)c(S(N)(=O)=O)c1. The fraction of sp³-hybridized carbons (Fsp3) is 0.273. The molecule has 0 unspecified atom stereocenters. The Morgan fingerprint density at radius 3 is 2.59 bits per heavy atom. The molecule has 0 atom stereocenters. The molecule has 1 aromatic rings. The number of ether oxygens (including phenoxy) is 1. The van der Waals surface area contributed by atoms with E-state index in [1.165, 1.54) is 11.6 Å². The summed E-state index contributed by atoms with van der Waals surface area (Å²) in [5.74, 6) is 0.271. The van der Waals surface area contributed by atoms with Crippen LogP contribution in [0.2, 0.25) is 0 Å². The van der Waals surface area contributed by atoms with Crippen molar-refractivity contribution in [3.05, 3.63) is 34.9 Å². The van der Waals surface area contributed by atoms with Crippen LogP contribution < -0.4 is 9.88 Å². The van der Waals surface area contributed by atoms with Gasteiger partial charge in [0.05, 0.1) is 0 Å². The quantitative estimate of drug-likeness (QED) is 0.915. The lowest BCUT2D eigenvalue weighted by atomic mass is 10.1. The number of rotatable bonds is 4. The highest BCUT2D eigenvalue weighted by Crippen LogP contribution is 2.28. The second-order valence-corrected chi connectivity index (χ2v) is 5.41. The fourth-order valence-corrected chi connectivity index (χ4v) is 2.38. The second kappa shape index (κ2) is 5.53. The second-order valence-electron chi connectivity index (χ2n) is 3.63. The first kappa shape index (κ1) is 14.0. The summed E-state index contributed by atoms with van der Waals surface area (Å²) in [7, 11) is -3.80. The van der Waals surface area contributed by atoms with E-state index in [1.807, 2.05) is 6.07 Å². The van der Waals surface area contributed by atoms with Crippen LogP contribution in [-0.2, 0) is 10.0 Å². The Morgan fingerprint density at radius 2 is 2.06 bits per heavy atom. The minimum absolute atomic E-state index is 0.00188. The van der Waals surface area contributed by atoms with Gasteiger partial charge in [-0.1, -0.05) is 17.7 Å². The van der Waals surface area contributed by atoms with E-state index in [4.69, 9.17) is 21.5 Å². The zero-order chi connectivity index (χ0) is 13.1. The molecule has 0 aromatic heterocycles. The minimum Gasteiger partial charge on any atom is -0.488 e. The molecule has 0 amide bonds. The molecule has 0 spiro atoms. The average Bonchev–Trinajstić information content (AvgIpc) is 2.19. The van der Waals surface area contributed by atoms with Crippen LogP contribution in [0.25, 0.3) is 0 Å². The molecule has 0 fully saturated rings. The van der Waals surface area contributed by atoms with Crippen LogP contribution in [0.4, 0.5) is 0 Å². The number of benzene rings is 1. The van der Waals surface area contributed by atoms with Gasteiger partial charge in [0.25, 0.3) is 0 Å². The third-order valence-electron chi connectivity index (χ3n) is 2.10. The maximum Gasteiger partial charge on any atom is 0.241 e. The molecule has 0 bridgehead atoms. The van der Waals surface area contributed by atoms with Gasteiger partial charge in [-0.15, -0.1) is 0 Å². The zero-order valence-electron chi connectivity index (χ0n) is 9.60. The van der Waals surface area contributed by atoms with Crippen molar-refractivity contribution in [2.75, 3.05) is 6.61 Å². The highest BCUT2D eigenvalue weighted by Gasteiger charge is 2.17. The molecule has 1 rings (SSSR count). The molecular formula is C11H14ClNO3S. The molecule has 0 radical (unpaired) electrons. The van der Waals surface area contributed by atoms with E-state index >= 15 is 0 Å². The van der Waals surface area contributed by atoms with Gasteiger partial charge in [0.1, 0.15) is 17.3 Å². The van der Waals surface area contributed by atoms with E-state index in [0.717, 1.165) is 11.1 Å². The Hall–Kier alpha value is -1.04. The Morgan fingerprint density at radius 1 is 1.41 bits per heavy atom. The topological polar surface area (TPSA) is 69.4 Å². The highest BCUT2D eigenvalue weighted by atomic mass is 35.5. The minimum atomic E-state index is -3.80. The summed E-state index contributed by atoms with van der Waals surface area (Å²) in [4.78, 5) is -0.00188. The maximum atomic E-state index is 11.4. The summed E-state index contributed by atoms with van der Waals surface area (Å²) in [6.07, 6.45) is 1.56. The predicted octanol–water partition coefficient (Wildman–Crippen LogP) is 2.08. The van der Waals surface area contributed by atoms with Crippen LogP contribution >= 0.6 is 11.6 Å². The first-order chi connectivity index (χ1) is 7.86. The number of hydrogen-bond acceptors (Lipinski definition) is 3. The van der Waals surface area contributed by atoms with Crippen molar-refractivity contribution in [2.24, 2.45) is 5.14 Å². The van der Waals surface area contributed by atoms with Crippen LogP contribution in [0.1, 0.15) is 11.1 Å². The van der Waals surface area contributed by atoms with Gasteiger partial charge < -0.3 is 4.74 Å². The van der Waals surface area contributed by atoms with Crippen molar-refractivity contribution >= 4 is 21.6 Å². The largest absolute Gasteiger partial charge is 0.488 e. The average molecular weight is 276 g/mol. The number of halogens is 1. The first-order valence-electron chi connectivity index (χ1n) is 4.88. The summed E-state index contributed by atoms with van der Waals surface area (Å²) in [5, 5.41) is 5.15. The molecule has 2 N–H and O–H groups in total. The summed E-state index contributed by atoms with van der Waals surface area (Å²) in [6, 6.07) is 3.32. The van der Waals surface area contributed by atoms with Crippen molar-refractivity contribution in [3.8, 4) is 5.75 Å². The molecule has 0 aliphatic rings. The van der Waals surface area contributed by atoms with E-state index < -0.39 is 10.0 Å². The van der Waals surface area contributed by atoms with Gasteiger partial charge in [0.2, 0.25) is 10.0 Å². The smallest absolute Gasteiger partial charge is 0.241 e. The third-order valence-corrected chi connectivity index (χ3v) is 3.20. The highest BCUT2D eigenvalue weighted by molar-refractivity contribution is 7.89. The number of primary sulfonamides is 1. The van der Waals surface area contributed by atoms with E-state index in [-0.39, 0.29) is 17.3 Å². The standard InChI is InChI=1S/C11H14ClNO3S/c1-8-6-9(2)11(16-5-3-4-12)10(7-8)17(13,14)15/h3-4,6-7H,5H2,1-2H3,(H2,13,14,15)/b4-3+. The van der Waals surface area contributed by atoms with Crippen LogP contribution in [0.5, 0.6) is 5.75 Å². The summed E-state index contributed by atoms with van der Waals surface area (Å²) in [5.41, 5.74) is 2.84. The Bertz CT molecular complexity index is 538. The van der Waals surface area contributed by atoms with E-state index in [2.05, 4.69) is 0 Å². The molecular weight excluding hydrogens is 262 g/mol. The van der Waals surface area contributed by atoms with E-state index in [9.17, 15) is 8.42 Å². The van der Waals surface area contributed by atoms with Crippen molar-refractivity contribution < 1.29 is 13.2 Å². The molecule has 1 aromatic carbocycles. The van der Waals surface area contributed by atoms with Crippen LogP contribution in [0, 0.1) is 13.8 Å². The number of nitrogens with two attached hydrogens (primary N) is 1. The normalized spacial score (nSPS) is 12.0. The van der Waals surface area contributed by atoms with E-state index in [0.29, 0.717) is 0 Å². The molecule has 0 saturated heterocycles. The molecule has 0 saturated carbocycles. The molecule has 17 heavy (non-hydrogen) atoms. The number of hydrogen-bond donors (Lipinski definition) is 1. The van der Waals surface area contributed by atoms with Gasteiger partial charge in [-0.2, -0.15) is 0 Å². The lowest BCUT2D eigenvalue weighted by molar-refractivity contribution is 0.350. The van der Waals surface area contributed by atoms with Crippen LogP contribution in [0.3, 0.4) is 0 Å². The Balaban J connectivity index is 3.26. The van der Waals surface area contributed by atoms with Gasteiger partial charge in [-0.05, 0) is 37.1 Å². The molecule has 0 aliphatic carbocycles. The summed E-state index contributed by atoms with van der Waals surface area (Å²) < 4.78 is 28.2. The predicted molar refractivity (Wildman–Crippen MR) is 67.8 cm³/mol. The molecule has 94 valence electrons. The molecule has 6 heteroatoms. The van der Waals surface area contributed by atoms with Gasteiger partial charge in [0, 0.05) is 5.54 Å². The maximum absolute atomic E-state index is 11.4. The number of aryl methyl sites for hydroxylation is 2. The molecule has 4 nitrogen and oxygen atoms in total. The van der Waals surface area contributed by atoms with Gasteiger partial charge >= 0.3 is 0 Å². The van der Waals surface area contributed by atoms with Crippen LogP contribution in [-0.4, -0.2) is 15.0 Å². The third kappa shape index (κ3) is 3.73. The lowest BCUT2D eigenvalue weighted by Crippen LogP contribution is -2.15. The number of sulfonamides is 1. The Labute approximate surface area is 106 Å². The fourth-order valence-electron chi connectivity index (χ4n) is 1.48. The van der Waals surface area contributed by atoms with E-state index in [1.54, 1.807) is 19.9 Å². The summed E-state index contributed by atoms with van der Waals surface area (Å²) in [6.45, 7) is 3.75. The van der Waals surface area contributed by atoms with Gasteiger partial charge in [0.15, 0.2) is 0 Å². The lowest BCUT2D eigenvalue weighted by Gasteiger charge is -2.12. The van der Waals surface area contributed by atoms with Crippen molar-refractivity contribution in [1.29, 1.82) is 0 Å². The zero-order valence-corrected chi connectivity index (χ0v) is 11.2. The van der Waals surface area contributed by atoms with Gasteiger partial charge in [-0.3, -0.25) is 0 Å². The van der Waals surface area contributed by atoms with Gasteiger partial charge in [-0.25, -0.2) is 13.6 Å². The van der Waals surface area contributed by atoms with Crippen molar-refractivity contribution in [1.82, 2.24) is 0 Å². The monoisotopic (exact) mass is 275 g/mol. The molecule has 0 heterocycles. The Kier molecular flexibility index (Phi) is 4.56. The molecule has 0 aliphatic heterocycles. The summed E-state index contributed by atoms with van der Waals surface area (Å²) >= 11 is 5.36.